The molecule has 6 nitrogen and oxygen atoms in total. The second-order valence-corrected chi connectivity index (χ2v) is 5.40. The average Bonchev–Trinajstić information content (AvgIpc) is 2.57. The molecule has 1 amide bonds. The van der Waals surface area contributed by atoms with Gasteiger partial charge >= 0.3 is 0 Å². The van der Waals surface area contributed by atoms with Gasteiger partial charge in [-0.15, -0.1) is 0 Å². The lowest BCUT2D eigenvalue weighted by Crippen LogP contribution is -2.24. The van der Waals surface area contributed by atoms with E-state index in [1.165, 1.54) is 19.4 Å². The van der Waals surface area contributed by atoms with Gasteiger partial charge in [0.2, 0.25) is 0 Å². The molecule has 0 aliphatic rings. The van der Waals surface area contributed by atoms with E-state index in [1.54, 1.807) is 30.3 Å². The normalized spacial score (nSPS) is 10.6. The number of rotatable bonds is 6. The van der Waals surface area contributed by atoms with Crippen molar-refractivity contribution in [3.05, 3.63) is 52.0 Å². The highest BCUT2D eigenvalue weighted by atomic mass is 35.5. The molecule has 0 fully saturated rings. The fourth-order valence-corrected chi connectivity index (χ4v) is 2.08. The monoisotopic (exact) mass is 368 g/mol. The molecule has 126 valence electrons. The highest BCUT2D eigenvalue weighted by Crippen LogP contribution is 2.28. The summed E-state index contributed by atoms with van der Waals surface area (Å²) in [5.74, 6) is 0.0441. The Balaban J connectivity index is 1.90. The SMILES string of the molecule is COc1cccc(/C=N/NC(=O)COc2cc(Cl)ccc2Cl)c1O. The summed E-state index contributed by atoms with van der Waals surface area (Å²) in [4.78, 5) is 11.7. The van der Waals surface area contributed by atoms with Crippen molar-refractivity contribution >= 4 is 35.3 Å². The van der Waals surface area contributed by atoms with Crippen LogP contribution >= 0.6 is 23.2 Å². The number of amides is 1. The molecule has 0 saturated carbocycles. The van der Waals surface area contributed by atoms with Gasteiger partial charge in [-0.2, -0.15) is 5.10 Å². The number of benzene rings is 2. The van der Waals surface area contributed by atoms with Crippen molar-refractivity contribution in [1.82, 2.24) is 5.43 Å². The van der Waals surface area contributed by atoms with Crippen LogP contribution in [-0.4, -0.2) is 30.9 Å². The third-order valence-electron chi connectivity index (χ3n) is 2.90. The standard InChI is InChI=1S/C16H14Cl2N2O4/c1-23-13-4-2-3-10(16(13)22)8-19-20-15(21)9-24-14-7-11(17)5-6-12(14)18/h2-8,22H,9H2,1H3,(H,20,21)/b19-8+. The van der Waals surface area contributed by atoms with E-state index in [0.717, 1.165) is 0 Å². The maximum atomic E-state index is 11.7. The van der Waals surface area contributed by atoms with Gasteiger partial charge in [0.25, 0.3) is 5.91 Å². The zero-order valence-electron chi connectivity index (χ0n) is 12.6. The van der Waals surface area contributed by atoms with Gasteiger partial charge in [-0.25, -0.2) is 5.43 Å². The van der Waals surface area contributed by atoms with E-state index < -0.39 is 5.91 Å². The predicted octanol–water partition coefficient (Wildman–Crippen LogP) is 3.24. The van der Waals surface area contributed by atoms with E-state index in [1.807, 2.05) is 0 Å². The highest BCUT2D eigenvalue weighted by Gasteiger charge is 2.07. The molecule has 2 N–H and O–H groups in total. The number of hydrogen-bond acceptors (Lipinski definition) is 5. The summed E-state index contributed by atoms with van der Waals surface area (Å²) in [6.07, 6.45) is 1.29. The van der Waals surface area contributed by atoms with Gasteiger partial charge in [0.05, 0.1) is 18.3 Å². The Kier molecular flexibility index (Phi) is 6.28. The zero-order chi connectivity index (χ0) is 17.5. The quantitative estimate of drug-likeness (QED) is 0.605. The maximum absolute atomic E-state index is 11.7. The average molecular weight is 369 g/mol. The third kappa shape index (κ3) is 4.78. The van der Waals surface area contributed by atoms with Gasteiger partial charge in [0.15, 0.2) is 18.1 Å². The topological polar surface area (TPSA) is 80.2 Å². The first kappa shape index (κ1) is 17.9. The molecule has 0 radical (unpaired) electrons. The summed E-state index contributed by atoms with van der Waals surface area (Å²) in [6, 6.07) is 9.60. The molecular weight excluding hydrogens is 355 g/mol. The number of carbonyl (C=O) groups is 1. The number of nitrogens with zero attached hydrogens (tertiary/aromatic N) is 1. The molecule has 24 heavy (non-hydrogen) atoms. The number of methoxy groups -OCH3 is 1. The molecule has 2 aromatic rings. The molecule has 0 spiro atoms. The molecule has 0 saturated heterocycles. The van der Waals surface area contributed by atoms with Crippen LogP contribution in [0.2, 0.25) is 10.0 Å². The van der Waals surface area contributed by atoms with Gasteiger partial charge in [-0.05, 0) is 24.3 Å². The zero-order valence-corrected chi connectivity index (χ0v) is 14.1. The summed E-state index contributed by atoms with van der Waals surface area (Å²) >= 11 is 11.8. The van der Waals surface area contributed by atoms with Crippen molar-refractivity contribution in [3.63, 3.8) is 0 Å². The van der Waals surface area contributed by atoms with E-state index in [2.05, 4.69) is 10.5 Å². The summed E-state index contributed by atoms with van der Waals surface area (Å²) in [5, 5.41) is 14.4. The smallest absolute Gasteiger partial charge is 0.277 e. The first-order chi connectivity index (χ1) is 11.5. The Bertz CT molecular complexity index is 766. The molecule has 8 heteroatoms. The van der Waals surface area contributed by atoms with Crippen molar-refractivity contribution in [2.24, 2.45) is 5.10 Å². The Morgan fingerprint density at radius 1 is 1.29 bits per heavy atom. The van der Waals surface area contributed by atoms with Crippen LogP contribution in [0.1, 0.15) is 5.56 Å². The number of phenolic OH excluding ortho intramolecular Hbond substituents is 1. The molecule has 0 heterocycles. The number of para-hydroxylation sites is 1. The summed E-state index contributed by atoms with van der Waals surface area (Å²) in [5.41, 5.74) is 2.67. The van der Waals surface area contributed by atoms with Gasteiger partial charge < -0.3 is 14.6 Å². The largest absolute Gasteiger partial charge is 0.504 e. The molecule has 0 aliphatic heterocycles. The predicted molar refractivity (Wildman–Crippen MR) is 92.4 cm³/mol. The van der Waals surface area contributed by atoms with Gasteiger partial charge in [0, 0.05) is 16.7 Å². The van der Waals surface area contributed by atoms with Crippen molar-refractivity contribution < 1.29 is 19.4 Å². The van der Waals surface area contributed by atoms with E-state index in [4.69, 9.17) is 32.7 Å². The van der Waals surface area contributed by atoms with Crippen LogP contribution in [0.15, 0.2) is 41.5 Å². The first-order valence-corrected chi connectivity index (χ1v) is 7.52. The molecule has 0 bridgehead atoms. The lowest BCUT2D eigenvalue weighted by atomic mass is 10.2. The second-order valence-electron chi connectivity index (χ2n) is 4.55. The number of carbonyl (C=O) groups excluding carboxylic acids is 1. The molecule has 0 unspecified atom stereocenters. The first-order valence-electron chi connectivity index (χ1n) is 6.77. The highest BCUT2D eigenvalue weighted by molar-refractivity contribution is 6.34. The lowest BCUT2D eigenvalue weighted by Gasteiger charge is -2.07. The van der Waals surface area contributed by atoms with Crippen LogP contribution in [0.4, 0.5) is 0 Å². The van der Waals surface area contributed by atoms with E-state index in [9.17, 15) is 9.90 Å². The Labute approximate surface area is 148 Å². The number of phenols is 1. The van der Waals surface area contributed by atoms with Crippen molar-refractivity contribution in [3.8, 4) is 17.2 Å². The number of ether oxygens (including phenoxy) is 2. The fourth-order valence-electron chi connectivity index (χ4n) is 1.75. The van der Waals surface area contributed by atoms with Crippen LogP contribution in [0, 0.1) is 0 Å². The number of nitrogens with one attached hydrogen (secondary N) is 1. The molecule has 0 aromatic heterocycles. The molecule has 2 aromatic carbocycles. The number of aromatic hydroxyl groups is 1. The maximum Gasteiger partial charge on any atom is 0.277 e. The molecule has 0 atom stereocenters. The minimum Gasteiger partial charge on any atom is -0.504 e. The minimum absolute atomic E-state index is 0.0695. The number of hydrogen-bond donors (Lipinski definition) is 2. The Morgan fingerprint density at radius 3 is 2.83 bits per heavy atom. The van der Waals surface area contributed by atoms with E-state index in [-0.39, 0.29) is 12.4 Å². The van der Waals surface area contributed by atoms with Crippen LogP contribution < -0.4 is 14.9 Å². The number of halogens is 2. The van der Waals surface area contributed by atoms with Crippen molar-refractivity contribution in [2.75, 3.05) is 13.7 Å². The Morgan fingerprint density at radius 2 is 2.08 bits per heavy atom. The molecule has 0 aliphatic carbocycles. The van der Waals surface area contributed by atoms with Gasteiger partial charge in [-0.3, -0.25) is 4.79 Å². The van der Waals surface area contributed by atoms with Crippen LogP contribution in [-0.2, 0) is 4.79 Å². The summed E-state index contributed by atoms with van der Waals surface area (Å²) in [6.45, 7) is -0.290. The van der Waals surface area contributed by atoms with Crippen molar-refractivity contribution in [1.29, 1.82) is 0 Å². The van der Waals surface area contributed by atoms with Gasteiger partial charge in [-0.1, -0.05) is 29.3 Å². The summed E-state index contributed by atoms with van der Waals surface area (Å²) in [7, 11) is 1.44. The minimum atomic E-state index is -0.496. The fraction of sp³-hybridized carbons (Fsp3) is 0.125. The van der Waals surface area contributed by atoms with Gasteiger partial charge in [0.1, 0.15) is 5.75 Å². The third-order valence-corrected chi connectivity index (χ3v) is 3.44. The molecule has 2 rings (SSSR count). The van der Waals surface area contributed by atoms with E-state index >= 15 is 0 Å². The van der Waals surface area contributed by atoms with E-state index in [0.29, 0.717) is 27.1 Å². The summed E-state index contributed by atoms with van der Waals surface area (Å²) < 4.78 is 10.2. The van der Waals surface area contributed by atoms with Crippen LogP contribution in [0.25, 0.3) is 0 Å². The molecular formula is C16H14Cl2N2O4. The lowest BCUT2D eigenvalue weighted by molar-refractivity contribution is -0.123. The number of hydrazone groups is 1. The van der Waals surface area contributed by atoms with Crippen LogP contribution in [0.3, 0.4) is 0 Å². The van der Waals surface area contributed by atoms with Crippen LogP contribution in [0.5, 0.6) is 17.2 Å². The Hall–Kier alpha value is -2.44. The van der Waals surface area contributed by atoms with Crippen molar-refractivity contribution in [2.45, 2.75) is 0 Å². The second kappa shape index (κ2) is 8.42.